The molecule has 0 radical (unpaired) electrons. The van der Waals surface area contributed by atoms with Crippen molar-refractivity contribution in [1.29, 1.82) is 0 Å². The molecular weight excluding hydrogens is 383 g/mol. The van der Waals surface area contributed by atoms with Gasteiger partial charge in [-0.2, -0.15) is 4.72 Å². The second-order valence-electron chi connectivity index (χ2n) is 5.65. The molecule has 28 heavy (non-hydrogen) atoms. The van der Waals surface area contributed by atoms with E-state index < -0.39 is 21.7 Å². The fourth-order valence-electron chi connectivity index (χ4n) is 2.42. The molecule has 0 aliphatic heterocycles. The van der Waals surface area contributed by atoms with Gasteiger partial charge in [0.05, 0.1) is 23.5 Å². The lowest BCUT2D eigenvalue weighted by atomic mass is 10.2. The number of sulfonamides is 1. The van der Waals surface area contributed by atoms with E-state index >= 15 is 0 Å². The number of nitrogens with one attached hydrogen (secondary N) is 2. The Morgan fingerprint density at radius 3 is 2.75 bits per heavy atom. The molecule has 0 aliphatic carbocycles. The Hall–Kier alpha value is -3.48. The quantitative estimate of drug-likeness (QED) is 0.623. The van der Waals surface area contributed by atoms with Crippen molar-refractivity contribution in [2.75, 3.05) is 11.9 Å². The smallest absolute Gasteiger partial charge is 0.255 e. The normalized spacial score (nSPS) is 11.0. The number of imidazole rings is 1. The number of terminal acetylenes is 1. The number of hydrogen-bond acceptors (Lipinski definition) is 4. The summed E-state index contributed by atoms with van der Waals surface area (Å²) >= 11 is 0. The van der Waals surface area contributed by atoms with Crippen LogP contribution in [0.15, 0.2) is 66.1 Å². The predicted octanol–water partition coefficient (Wildman–Crippen LogP) is 2.18. The zero-order valence-corrected chi connectivity index (χ0v) is 15.3. The van der Waals surface area contributed by atoms with Gasteiger partial charge in [0.15, 0.2) is 0 Å². The van der Waals surface area contributed by atoms with Gasteiger partial charge in [-0.1, -0.05) is 12.0 Å². The molecule has 0 saturated heterocycles. The highest BCUT2D eigenvalue weighted by Gasteiger charge is 2.16. The van der Waals surface area contributed by atoms with Gasteiger partial charge < -0.3 is 9.88 Å². The highest BCUT2D eigenvalue weighted by atomic mass is 32.2. The van der Waals surface area contributed by atoms with Crippen LogP contribution in [0.25, 0.3) is 5.69 Å². The second-order valence-corrected chi connectivity index (χ2v) is 7.41. The van der Waals surface area contributed by atoms with E-state index in [9.17, 15) is 17.6 Å². The molecule has 0 spiro atoms. The van der Waals surface area contributed by atoms with Gasteiger partial charge in [-0.3, -0.25) is 4.79 Å². The van der Waals surface area contributed by atoms with Crippen LogP contribution in [0.4, 0.5) is 10.1 Å². The van der Waals surface area contributed by atoms with Crippen molar-refractivity contribution in [2.24, 2.45) is 0 Å². The Bertz CT molecular complexity index is 1150. The molecule has 0 atom stereocenters. The first kappa shape index (κ1) is 19.3. The molecule has 9 heteroatoms. The lowest BCUT2D eigenvalue weighted by Crippen LogP contribution is -2.24. The topological polar surface area (TPSA) is 93.1 Å². The first-order chi connectivity index (χ1) is 13.4. The standard InChI is InChI=1S/C19H15FN4O3S/c1-2-8-22-28(26,27)16-5-3-4-14(11-16)19(25)23-15-6-7-18(17(20)12-15)24-10-9-21-13-24/h1,3-7,9-13,22H,8H2,(H,23,25). The van der Waals surface area contributed by atoms with E-state index in [1.807, 2.05) is 0 Å². The Labute approximate surface area is 161 Å². The molecular formula is C19H15FN4O3S. The maximum atomic E-state index is 14.3. The minimum atomic E-state index is -3.83. The molecule has 2 aromatic carbocycles. The summed E-state index contributed by atoms with van der Waals surface area (Å²) in [7, 11) is -3.83. The first-order valence-corrected chi connectivity index (χ1v) is 9.51. The van der Waals surface area contributed by atoms with Gasteiger partial charge in [0.2, 0.25) is 10.0 Å². The number of carbonyl (C=O) groups is 1. The summed E-state index contributed by atoms with van der Waals surface area (Å²) in [5.41, 5.74) is 0.607. The third kappa shape index (κ3) is 4.25. The van der Waals surface area contributed by atoms with Crippen LogP contribution in [0.2, 0.25) is 0 Å². The summed E-state index contributed by atoms with van der Waals surface area (Å²) < 4.78 is 42.3. The predicted molar refractivity (Wildman–Crippen MR) is 102 cm³/mol. The summed E-state index contributed by atoms with van der Waals surface area (Å²) in [4.78, 5) is 16.2. The van der Waals surface area contributed by atoms with E-state index in [2.05, 4.69) is 20.9 Å². The maximum Gasteiger partial charge on any atom is 0.255 e. The van der Waals surface area contributed by atoms with Crippen molar-refractivity contribution in [3.63, 3.8) is 0 Å². The van der Waals surface area contributed by atoms with Gasteiger partial charge >= 0.3 is 0 Å². The molecule has 0 unspecified atom stereocenters. The van der Waals surface area contributed by atoms with Crippen molar-refractivity contribution in [2.45, 2.75) is 4.90 Å². The molecule has 1 aromatic heterocycles. The third-order valence-electron chi connectivity index (χ3n) is 3.76. The molecule has 3 rings (SSSR count). The molecule has 0 fully saturated rings. The first-order valence-electron chi connectivity index (χ1n) is 8.03. The van der Waals surface area contributed by atoms with E-state index in [1.54, 1.807) is 6.20 Å². The molecule has 142 valence electrons. The molecule has 1 amide bonds. The number of anilines is 1. The highest BCUT2D eigenvalue weighted by molar-refractivity contribution is 7.89. The van der Waals surface area contributed by atoms with Gasteiger partial charge in [-0.15, -0.1) is 6.42 Å². The Balaban J connectivity index is 1.79. The van der Waals surface area contributed by atoms with Crippen molar-refractivity contribution in [1.82, 2.24) is 14.3 Å². The molecule has 7 nitrogen and oxygen atoms in total. The van der Waals surface area contributed by atoms with E-state index in [4.69, 9.17) is 6.42 Å². The number of halogens is 1. The van der Waals surface area contributed by atoms with E-state index in [0.29, 0.717) is 0 Å². The third-order valence-corrected chi connectivity index (χ3v) is 5.16. The van der Waals surface area contributed by atoms with Gasteiger partial charge in [0.1, 0.15) is 5.82 Å². The minimum absolute atomic E-state index is 0.0997. The fourth-order valence-corrected chi connectivity index (χ4v) is 3.40. The van der Waals surface area contributed by atoms with Crippen LogP contribution in [0.3, 0.4) is 0 Å². The van der Waals surface area contributed by atoms with E-state index in [1.165, 1.54) is 59.6 Å². The summed E-state index contributed by atoms with van der Waals surface area (Å²) in [6.07, 6.45) is 9.63. The number of rotatable bonds is 6. The Morgan fingerprint density at radius 1 is 1.25 bits per heavy atom. The number of carbonyl (C=O) groups excluding carboxylic acids is 1. The molecule has 3 aromatic rings. The largest absolute Gasteiger partial charge is 0.322 e. The van der Waals surface area contributed by atoms with Crippen molar-refractivity contribution in [3.05, 3.63) is 72.6 Å². The number of amides is 1. The second kappa shape index (κ2) is 8.04. The molecule has 2 N–H and O–H groups in total. The van der Waals surface area contributed by atoms with Crippen LogP contribution in [0.1, 0.15) is 10.4 Å². The van der Waals surface area contributed by atoms with Crippen molar-refractivity contribution in [3.8, 4) is 18.0 Å². The van der Waals surface area contributed by atoms with E-state index in [0.717, 1.165) is 0 Å². The van der Waals surface area contributed by atoms with Crippen molar-refractivity contribution >= 4 is 21.6 Å². The minimum Gasteiger partial charge on any atom is -0.322 e. The van der Waals surface area contributed by atoms with Crippen LogP contribution < -0.4 is 10.0 Å². The van der Waals surface area contributed by atoms with Crippen LogP contribution in [0, 0.1) is 18.2 Å². The lowest BCUT2D eigenvalue weighted by Gasteiger charge is -2.10. The number of benzene rings is 2. The summed E-state index contributed by atoms with van der Waals surface area (Å²) in [6.45, 7) is -0.165. The zero-order valence-electron chi connectivity index (χ0n) is 14.5. The number of aromatic nitrogens is 2. The molecule has 0 aliphatic rings. The van der Waals surface area contributed by atoms with Gasteiger partial charge in [-0.05, 0) is 36.4 Å². The monoisotopic (exact) mass is 398 g/mol. The van der Waals surface area contributed by atoms with Crippen LogP contribution in [-0.4, -0.2) is 30.4 Å². The summed E-state index contributed by atoms with van der Waals surface area (Å²) in [6, 6.07) is 9.64. The maximum absolute atomic E-state index is 14.3. The SMILES string of the molecule is C#CCNS(=O)(=O)c1cccc(C(=O)Nc2ccc(-n3ccnc3)c(F)c2)c1. The van der Waals surface area contributed by atoms with Crippen LogP contribution in [0.5, 0.6) is 0 Å². The summed E-state index contributed by atoms with van der Waals surface area (Å²) in [5.74, 6) is 1.04. The average Bonchev–Trinajstić information content (AvgIpc) is 3.21. The lowest BCUT2D eigenvalue weighted by molar-refractivity contribution is 0.102. The summed E-state index contributed by atoms with van der Waals surface area (Å²) in [5, 5.41) is 2.54. The zero-order chi connectivity index (χ0) is 20.1. The highest BCUT2D eigenvalue weighted by Crippen LogP contribution is 2.19. The Kier molecular flexibility index (Phi) is 5.54. The van der Waals surface area contributed by atoms with Crippen LogP contribution in [-0.2, 0) is 10.0 Å². The van der Waals surface area contributed by atoms with Gasteiger partial charge in [-0.25, -0.2) is 17.8 Å². The number of nitrogens with zero attached hydrogens (tertiary/aromatic N) is 2. The molecule has 0 saturated carbocycles. The van der Waals surface area contributed by atoms with Crippen molar-refractivity contribution < 1.29 is 17.6 Å². The Morgan fingerprint density at radius 2 is 2.07 bits per heavy atom. The van der Waals surface area contributed by atoms with Gasteiger partial charge in [0.25, 0.3) is 5.91 Å². The number of hydrogen-bond donors (Lipinski definition) is 2. The average molecular weight is 398 g/mol. The molecule has 1 heterocycles. The van der Waals surface area contributed by atoms with Gasteiger partial charge in [0, 0.05) is 23.6 Å². The van der Waals surface area contributed by atoms with Crippen LogP contribution >= 0.6 is 0 Å². The van der Waals surface area contributed by atoms with E-state index in [-0.39, 0.29) is 28.4 Å². The molecule has 0 bridgehead atoms. The fraction of sp³-hybridized carbons (Fsp3) is 0.0526.